The Morgan fingerprint density at radius 2 is 2.13 bits per heavy atom. The largest absolute Gasteiger partial charge is 0.443 e. The molecule has 0 spiro atoms. The Labute approximate surface area is 88.9 Å². The lowest BCUT2D eigenvalue weighted by molar-refractivity contribution is -0.130. The number of ether oxygens (including phenoxy) is 1. The molecular formula is C11H15NO3. The van der Waals surface area contributed by atoms with Gasteiger partial charge in [0.05, 0.1) is 12.0 Å². The van der Waals surface area contributed by atoms with Gasteiger partial charge in [-0.3, -0.25) is 4.79 Å². The summed E-state index contributed by atoms with van der Waals surface area (Å²) in [5, 5.41) is 0. The summed E-state index contributed by atoms with van der Waals surface area (Å²) in [6.45, 7) is 5.37. The van der Waals surface area contributed by atoms with E-state index in [0.717, 1.165) is 6.42 Å². The Bertz CT molecular complexity index is 340. The maximum Gasteiger partial charge on any atom is 0.417 e. The number of carbonyl (C=O) groups excluding carboxylic acids is 2. The molecule has 1 saturated heterocycles. The van der Waals surface area contributed by atoms with Crippen molar-refractivity contribution in [3.63, 3.8) is 0 Å². The molecule has 2 aliphatic rings. The van der Waals surface area contributed by atoms with Crippen LogP contribution in [0.15, 0.2) is 12.2 Å². The third-order valence-electron chi connectivity index (χ3n) is 2.54. The molecular weight excluding hydrogens is 194 g/mol. The molecule has 0 aromatic carbocycles. The Kier molecular flexibility index (Phi) is 2.10. The first-order valence-electron chi connectivity index (χ1n) is 5.13. The number of imide groups is 1. The number of rotatable bonds is 0. The van der Waals surface area contributed by atoms with Gasteiger partial charge in [-0.25, -0.2) is 9.69 Å². The summed E-state index contributed by atoms with van der Waals surface area (Å²) in [4.78, 5) is 24.6. The van der Waals surface area contributed by atoms with Crippen molar-refractivity contribution in [1.82, 2.24) is 4.90 Å². The molecule has 2 unspecified atom stereocenters. The van der Waals surface area contributed by atoms with Crippen LogP contribution in [0.1, 0.15) is 27.2 Å². The molecule has 1 aliphatic heterocycles. The van der Waals surface area contributed by atoms with Crippen LogP contribution in [0.5, 0.6) is 0 Å². The number of nitrogens with zero attached hydrogens (tertiary/aromatic N) is 1. The predicted octanol–water partition coefficient (Wildman–Crippen LogP) is 1.71. The highest BCUT2D eigenvalue weighted by atomic mass is 16.6. The standard InChI is InChI=1S/C11H15NO3/c1-11(2,3)15-10(14)12-8-5-4-7(6-8)9(12)13/h4-5,7-8H,6H2,1-3H3. The minimum absolute atomic E-state index is 0.0858. The fourth-order valence-corrected chi connectivity index (χ4v) is 1.93. The van der Waals surface area contributed by atoms with Crippen LogP contribution >= 0.6 is 0 Å². The summed E-state index contributed by atoms with van der Waals surface area (Å²) in [6.07, 6.45) is 3.96. The number of fused-ring (bicyclic) bond motifs is 2. The van der Waals surface area contributed by atoms with E-state index in [1.54, 1.807) is 20.8 Å². The van der Waals surface area contributed by atoms with Crippen molar-refractivity contribution < 1.29 is 14.3 Å². The fourth-order valence-electron chi connectivity index (χ4n) is 1.93. The minimum atomic E-state index is -0.553. The first-order valence-corrected chi connectivity index (χ1v) is 5.13. The molecule has 2 amide bonds. The second kappa shape index (κ2) is 3.08. The second-order valence-corrected chi connectivity index (χ2v) is 4.98. The normalized spacial score (nSPS) is 28.7. The Balaban J connectivity index is 2.09. The molecule has 0 saturated carbocycles. The van der Waals surface area contributed by atoms with E-state index in [9.17, 15) is 9.59 Å². The van der Waals surface area contributed by atoms with Crippen LogP contribution in [-0.4, -0.2) is 28.5 Å². The van der Waals surface area contributed by atoms with Crippen molar-refractivity contribution >= 4 is 12.0 Å². The van der Waals surface area contributed by atoms with Gasteiger partial charge in [-0.05, 0) is 27.2 Å². The van der Waals surface area contributed by atoms with Gasteiger partial charge < -0.3 is 4.74 Å². The number of hydrogen-bond acceptors (Lipinski definition) is 3. The summed E-state index contributed by atoms with van der Waals surface area (Å²) in [7, 11) is 0. The molecule has 2 atom stereocenters. The summed E-state index contributed by atoms with van der Waals surface area (Å²) in [5.41, 5.74) is -0.553. The molecule has 0 aromatic rings. The van der Waals surface area contributed by atoms with Gasteiger partial charge in [-0.1, -0.05) is 12.2 Å². The second-order valence-electron chi connectivity index (χ2n) is 4.98. The lowest BCUT2D eigenvalue weighted by atomic mass is 10.1. The third-order valence-corrected chi connectivity index (χ3v) is 2.54. The van der Waals surface area contributed by atoms with E-state index in [0.29, 0.717) is 0 Å². The van der Waals surface area contributed by atoms with Crippen molar-refractivity contribution in [3.05, 3.63) is 12.2 Å². The maximum atomic E-state index is 11.7. The van der Waals surface area contributed by atoms with E-state index in [2.05, 4.69) is 0 Å². The van der Waals surface area contributed by atoms with Gasteiger partial charge in [-0.2, -0.15) is 0 Å². The summed E-state index contributed by atoms with van der Waals surface area (Å²) >= 11 is 0. The third kappa shape index (κ3) is 1.76. The average Bonchev–Trinajstić information content (AvgIpc) is 2.59. The van der Waals surface area contributed by atoms with Gasteiger partial charge in [0.1, 0.15) is 5.60 Å². The number of amides is 2. The number of carbonyl (C=O) groups is 2. The van der Waals surface area contributed by atoms with Gasteiger partial charge in [0, 0.05) is 0 Å². The number of hydrogen-bond donors (Lipinski definition) is 0. The molecule has 82 valence electrons. The van der Waals surface area contributed by atoms with E-state index in [-0.39, 0.29) is 17.9 Å². The molecule has 1 fully saturated rings. The first-order chi connectivity index (χ1) is 6.88. The molecule has 0 aromatic heterocycles. The quantitative estimate of drug-likeness (QED) is 0.570. The van der Waals surface area contributed by atoms with Crippen LogP contribution in [0.25, 0.3) is 0 Å². The molecule has 0 radical (unpaired) electrons. The van der Waals surface area contributed by atoms with Crippen molar-refractivity contribution in [2.24, 2.45) is 5.92 Å². The Hall–Kier alpha value is -1.32. The average molecular weight is 209 g/mol. The highest BCUT2D eigenvalue weighted by Gasteiger charge is 2.45. The lowest BCUT2D eigenvalue weighted by Crippen LogP contribution is -2.43. The van der Waals surface area contributed by atoms with Crippen LogP contribution in [0, 0.1) is 5.92 Å². The summed E-state index contributed by atoms with van der Waals surface area (Å²) in [5.74, 6) is -0.237. The Morgan fingerprint density at radius 3 is 2.60 bits per heavy atom. The monoisotopic (exact) mass is 209 g/mol. The van der Waals surface area contributed by atoms with Gasteiger partial charge in [0.25, 0.3) is 0 Å². The van der Waals surface area contributed by atoms with E-state index >= 15 is 0 Å². The SMILES string of the molecule is CC(C)(C)OC(=O)N1C(=O)C2C=CC1C2. The highest BCUT2D eigenvalue weighted by Crippen LogP contribution is 2.33. The van der Waals surface area contributed by atoms with Crippen molar-refractivity contribution in [2.75, 3.05) is 0 Å². The van der Waals surface area contributed by atoms with Gasteiger partial charge >= 0.3 is 6.09 Å². The smallest absolute Gasteiger partial charge is 0.417 e. The van der Waals surface area contributed by atoms with Crippen LogP contribution in [-0.2, 0) is 9.53 Å². The molecule has 1 aliphatic carbocycles. The van der Waals surface area contributed by atoms with E-state index < -0.39 is 11.7 Å². The lowest BCUT2D eigenvalue weighted by Gasteiger charge is -2.26. The van der Waals surface area contributed by atoms with Crippen LogP contribution in [0.3, 0.4) is 0 Å². The molecule has 2 bridgehead atoms. The zero-order valence-electron chi connectivity index (χ0n) is 9.19. The van der Waals surface area contributed by atoms with E-state index in [4.69, 9.17) is 4.74 Å². The van der Waals surface area contributed by atoms with Gasteiger partial charge in [0.2, 0.25) is 5.91 Å². The van der Waals surface area contributed by atoms with Gasteiger partial charge in [0.15, 0.2) is 0 Å². The van der Waals surface area contributed by atoms with E-state index in [1.165, 1.54) is 4.90 Å². The van der Waals surface area contributed by atoms with Crippen LogP contribution < -0.4 is 0 Å². The van der Waals surface area contributed by atoms with Crippen molar-refractivity contribution in [1.29, 1.82) is 0 Å². The predicted molar refractivity (Wildman–Crippen MR) is 54.1 cm³/mol. The molecule has 4 nitrogen and oxygen atoms in total. The zero-order chi connectivity index (χ0) is 11.2. The molecule has 4 heteroatoms. The molecule has 15 heavy (non-hydrogen) atoms. The summed E-state index contributed by atoms with van der Waals surface area (Å²) < 4.78 is 5.18. The zero-order valence-corrected chi connectivity index (χ0v) is 9.19. The first kappa shape index (κ1) is 10.2. The van der Waals surface area contributed by atoms with Crippen molar-refractivity contribution in [2.45, 2.75) is 38.8 Å². The molecule has 2 rings (SSSR count). The van der Waals surface area contributed by atoms with Crippen molar-refractivity contribution in [3.8, 4) is 0 Å². The highest BCUT2D eigenvalue weighted by molar-refractivity contribution is 5.98. The summed E-state index contributed by atoms with van der Waals surface area (Å²) in [6, 6.07) is -0.0858. The van der Waals surface area contributed by atoms with E-state index in [1.807, 2.05) is 12.2 Å². The van der Waals surface area contributed by atoms with Gasteiger partial charge in [-0.15, -0.1) is 0 Å². The Morgan fingerprint density at radius 1 is 1.47 bits per heavy atom. The molecule has 1 heterocycles. The molecule has 0 N–H and O–H groups in total. The number of likely N-dealkylation sites (tertiary alicyclic amines) is 1. The fraction of sp³-hybridized carbons (Fsp3) is 0.636. The topological polar surface area (TPSA) is 46.6 Å². The minimum Gasteiger partial charge on any atom is -0.443 e. The van der Waals surface area contributed by atoms with Crippen LogP contribution in [0.4, 0.5) is 4.79 Å². The van der Waals surface area contributed by atoms with Crippen LogP contribution in [0.2, 0.25) is 0 Å². The maximum absolute atomic E-state index is 11.7.